The van der Waals surface area contributed by atoms with Crippen LogP contribution in [0.2, 0.25) is 10.0 Å². The summed E-state index contributed by atoms with van der Waals surface area (Å²) >= 11 is 18.8. The first-order chi connectivity index (χ1) is 18.2. The molecule has 0 saturated carbocycles. The zero-order chi connectivity index (χ0) is 27.0. The second-order valence-corrected chi connectivity index (χ2v) is 10.7. The van der Waals surface area contributed by atoms with E-state index in [9.17, 15) is 4.79 Å². The lowest BCUT2D eigenvalue weighted by atomic mass is 10.0. The highest BCUT2D eigenvalue weighted by molar-refractivity contribution is 7.80. The van der Waals surface area contributed by atoms with Gasteiger partial charge in [0.05, 0.1) is 22.4 Å². The lowest BCUT2D eigenvalue weighted by Crippen LogP contribution is -2.30. The smallest absolute Gasteiger partial charge is 0.226 e. The fourth-order valence-electron chi connectivity index (χ4n) is 4.61. The van der Waals surface area contributed by atoms with Crippen molar-refractivity contribution in [2.24, 2.45) is 5.92 Å². The summed E-state index contributed by atoms with van der Waals surface area (Å²) in [6, 6.07) is 21.1. The largest absolute Gasteiger partial charge is 0.351 e. The van der Waals surface area contributed by atoms with Crippen LogP contribution in [-0.2, 0) is 4.79 Å². The van der Waals surface area contributed by atoms with Crippen molar-refractivity contribution in [3.05, 3.63) is 106 Å². The number of carbonyl (C=O) groups excluding carboxylic acids is 1. The summed E-state index contributed by atoms with van der Waals surface area (Å²) < 4.78 is 2.14. The van der Waals surface area contributed by atoms with E-state index in [2.05, 4.69) is 37.2 Å². The van der Waals surface area contributed by atoms with Gasteiger partial charge < -0.3 is 20.1 Å². The molecule has 0 unspecified atom stereocenters. The third-order valence-electron chi connectivity index (χ3n) is 6.61. The number of hydrogen-bond acceptors (Lipinski definition) is 3. The zero-order valence-electron chi connectivity index (χ0n) is 21.2. The van der Waals surface area contributed by atoms with Gasteiger partial charge in [0, 0.05) is 40.4 Å². The zero-order valence-corrected chi connectivity index (χ0v) is 23.5. The first kappa shape index (κ1) is 26.2. The molecule has 6 nitrogen and oxygen atoms in total. The van der Waals surface area contributed by atoms with Crippen LogP contribution in [0.3, 0.4) is 0 Å². The van der Waals surface area contributed by atoms with Crippen LogP contribution in [0.1, 0.15) is 42.9 Å². The van der Waals surface area contributed by atoms with E-state index in [0.717, 1.165) is 33.3 Å². The maximum atomic E-state index is 12.3. The molecule has 0 aliphatic carbocycles. The highest BCUT2D eigenvalue weighted by Crippen LogP contribution is 2.43. The van der Waals surface area contributed by atoms with E-state index in [-0.39, 0.29) is 23.9 Å². The quantitative estimate of drug-likeness (QED) is 0.242. The van der Waals surface area contributed by atoms with Crippen molar-refractivity contribution in [2.45, 2.75) is 32.9 Å². The molecule has 2 aromatic heterocycles. The van der Waals surface area contributed by atoms with E-state index in [4.69, 9.17) is 35.4 Å². The van der Waals surface area contributed by atoms with Gasteiger partial charge >= 0.3 is 0 Å². The molecule has 1 saturated heterocycles. The number of amides is 1. The molecular formula is C29H27Cl2N5OS. The fraction of sp³-hybridized carbons (Fsp3) is 0.207. The molecule has 1 amide bonds. The third-order valence-corrected chi connectivity index (χ3v) is 7.67. The molecule has 1 aliphatic rings. The Labute approximate surface area is 237 Å². The Morgan fingerprint density at radius 1 is 1.03 bits per heavy atom. The number of anilines is 2. The van der Waals surface area contributed by atoms with Gasteiger partial charge in [-0.1, -0.05) is 43.1 Å². The monoisotopic (exact) mass is 563 g/mol. The summed E-state index contributed by atoms with van der Waals surface area (Å²) in [4.78, 5) is 19.0. The van der Waals surface area contributed by atoms with E-state index >= 15 is 0 Å². The predicted molar refractivity (Wildman–Crippen MR) is 158 cm³/mol. The number of pyridine rings is 1. The maximum Gasteiger partial charge on any atom is 0.226 e. The van der Waals surface area contributed by atoms with Crippen molar-refractivity contribution < 1.29 is 4.79 Å². The lowest BCUT2D eigenvalue weighted by molar-refractivity contribution is -0.118. The van der Waals surface area contributed by atoms with Gasteiger partial charge in [0.2, 0.25) is 5.91 Å². The van der Waals surface area contributed by atoms with Gasteiger partial charge in [-0.25, -0.2) is 0 Å². The minimum Gasteiger partial charge on any atom is -0.351 e. The molecule has 2 N–H and O–H groups in total. The number of aromatic nitrogens is 2. The van der Waals surface area contributed by atoms with Crippen molar-refractivity contribution in [1.82, 2.24) is 14.9 Å². The molecule has 0 bridgehead atoms. The molecule has 5 rings (SSSR count). The van der Waals surface area contributed by atoms with Gasteiger partial charge in [-0.3, -0.25) is 9.78 Å². The Morgan fingerprint density at radius 3 is 2.50 bits per heavy atom. The minimum absolute atomic E-state index is 0.0952. The van der Waals surface area contributed by atoms with Gasteiger partial charge in [-0.15, -0.1) is 0 Å². The van der Waals surface area contributed by atoms with Gasteiger partial charge in [-0.05, 0) is 85.4 Å². The van der Waals surface area contributed by atoms with Crippen molar-refractivity contribution in [2.75, 3.05) is 10.2 Å². The Kier molecular flexibility index (Phi) is 7.43. The lowest BCUT2D eigenvalue weighted by Gasteiger charge is -2.29. The standard InChI is InChI=1S/C29H27Cl2N5OS/c1-17(2)28(37)33-23-12-10-20(16-22(23)31)36-27(26(34-29(36)38)24-7-4-5-13-32-24)25-8-6-14-35(25)19-9-11-21(30)18(3)15-19/h4-17,26-27H,1-3H3,(H,33,37)(H,34,38)/t26-,27-/m1/s1. The van der Waals surface area contributed by atoms with Crippen LogP contribution in [0.25, 0.3) is 5.69 Å². The van der Waals surface area contributed by atoms with Crippen LogP contribution >= 0.6 is 35.4 Å². The summed E-state index contributed by atoms with van der Waals surface area (Å²) in [6.45, 7) is 5.67. The summed E-state index contributed by atoms with van der Waals surface area (Å²) in [7, 11) is 0. The number of thiocarbonyl (C=S) groups is 1. The molecule has 1 aliphatic heterocycles. The fourth-order valence-corrected chi connectivity index (χ4v) is 5.30. The van der Waals surface area contributed by atoms with Crippen molar-refractivity contribution in [3.63, 3.8) is 0 Å². The second-order valence-electron chi connectivity index (χ2n) is 9.54. The molecule has 1 fully saturated rings. The molecular weight excluding hydrogens is 537 g/mol. The minimum atomic E-state index is -0.240. The van der Waals surface area contributed by atoms with Crippen LogP contribution in [0, 0.1) is 12.8 Å². The van der Waals surface area contributed by atoms with E-state index in [1.165, 1.54) is 0 Å². The molecule has 9 heteroatoms. The molecule has 0 spiro atoms. The van der Waals surface area contributed by atoms with Crippen molar-refractivity contribution in [3.8, 4) is 5.69 Å². The van der Waals surface area contributed by atoms with E-state index < -0.39 is 0 Å². The summed E-state index contributed by atoms with van der Waals surface area (Å²) in [5.74, 6) is -0.254. The average molecular weight is 565 g/mol. The first-order valence-electron chi connectivity index (χ1n) is 12.3. The number of rotatable bonds is 6. The topological polar surface area (TPSA) is 62.2 Å². The Bertz CT molecular complexity index is 1500. The van der Waals surface area contributed by atoms with Gasteiger partial charge in [0.1, 0.15) is 6.04 Å². The van der Waals surface area contributed by atoms with E-state index in [1.807, 2.05) is 81.6 Å². The summed E-state index contributed by atoms with van der Waals surface area (Å²) in [6.07, 6.45) is 3.81. The number of halogens is 2. The van der Waals surface area contributed by atoms with Crippen LogP contribution in [-0.4, -0.2) is 20.6 Å². The predicted octanol–water partition coefficient (Wildman–Crippen LogP) is 7.26. The third kappa shape index (κ3) is 5.01. The van der Waals surface area contributed by atoms with Gasteiger partial charge in [0.25, 0.3) is 0 Å². The molecule has 194 valence electrons. The van der Waals surface area contributed by atoms with Crippen molar-refractivity contribution >= 4 is 57.8 Å². The number of aryl methyl sites for hydroxylation is 1. The number of carbonyl (C=O) groups is 1. The highest BCUT2D eigenvalue weighted by atomic mass is 35.5. The number of nitrogens with one attached hydrogen (secondary N) is 2. The summed E-state index contributed by atoms with van der Waals surface area (Å²) in [5, 5.41) is 8.09. The molecule has 0 radical (unpaired) electrons. The Hall–Kier alpha value is -3.39. The molecule has 2 aromatic carbocycles. The average Bonchev–Trinajstić information content (AvgIpc) is 3.51. The normalized spacial score (nSPS) is 17.1. The molecule has 4 aromatic rings. The molecule has 2 atom stereocenters. The van der Waals surface area contributed by atoms with Gasteiger partial charge in [0.15, 0.2) is 5.11 Å². The van der Waals surface area contributed by atoms with Crippen LogP contribution < -0.4 is 15.5 Å². The van der Waals surface area contributed by atoms with E-state index in [0.29, 0.717) is 15.8 Å². The van der Waals surface area contributed by atoms with Crippen LogP contribution in [0.5, 0.6) is 0 Å². The van der Waals surface area contributed by atoms with E-state index in [1.54, 1.807) is 6.20 Å². The number of nitrogens with zero attached hydrogens (tertiary/aromatic N) is 3. The highest BCUT2D eigenvalue weighted by Gasteiger charge is 2.42. The molecule has 3 heterocycles. The van der Waals surface area contributed by atoms with Gasteiger partial charge in [-0.2, -0.15) is 0 Å². The Morgan fingerprint density at radius 2 is 1.82 bits per heavy atom. The maximum absolute atomic E-state index is 12.3. The Balaban J connectivity index is 1.61. The van der Waals surface area contributed by atoms with Crippen molar-refractivity contribution in [1.29, 1.82) is 0 Å². The first-order valence-corrected chi connectivity index (χ1v) is 13.5. The SMILES string of the molecule is Cc1cc(-n2cccc2[C@@H]2[C@@H](c3ccccn3)NC(=S)N2c2ccc(NC(=O)C(C)C)c(Cl)c2)ccc1Cl. The second kappa shape index (κ2) is 10.8. The number of benzene rings is 2. The van der Waals surface area contributed by atoms with Crippen LogP contribution in [0.4, 0.5) is 11.4 Å². The van der Waals surface area contributed by atoms with Crippen LogP contribution in [0.15, 0.2) is 79.1 Å². The summed E-state index contributed by atoms with van der Waals surface area (Å²) in [5.41, 5.74) is 5.24. The number of hydrogen-bond donors (Lipinski definition) is 2. The molecule has 38 heavy (non-hydrogen) atoms.